The zero-order valence-corrected chi connectivity index (χ0v) is 14.3. The second kappa shape index (κ2) is 7.81. The van der Waals surface area contributed by atoms with Gasteiger partial charge in [-0.1, -0.05) is 0 Å². The molecule has 2 unspecified atom stereocenters. The fraction of sp³-hybridized carbons (Fsp3) is 0.556. The van der Waals surface area contributed by atoms with Crippen molar-refractivity contribution in [2.75, 3.05) is 41.7 Å². The molecule has 0 aromatic rings. The Balaban J connectivity index is 1.91. The molecule has 0 fully saturated rings. The van der Waals surface area contributed by atoms with Crippen molar-refractivity contribution in [3.8, 4) is 0 Å². The molecule has 0 radical (unpaired) electrons. The highest BCUT2D eigenvalue weighted by Crippen LogP contribution is 2.28. The van der Waals surface area contributed by atoms with E-state index in [1.165, 1.54) is 0 Å². The van der Waals surface area contributed by atoms with E-state index in [4.69, 9.17) is 23.7 Å². The van der Waals surface area contributed by atoms with Gasteiger partial charge >= 0.3 is 0 Å². The Bertz CT molecular complexity index is 474. The van der Waals surface area contributed by atoms with E-state index in [-0.39, 0.29) is 0 Å². The molecule has 128 valence electrons. The molecule has 2 rings (SSSR count). The van der Waals surface area contributed by atoms with Crippen molar-refractivity contribution in [1.29, 1.82) is 0 Å². The van der Waals surface area contributed by atoms with E-state index >= 15 is 0 Å². The van der Waals surface area contributed by atoms with Gasteiger partial charge in [-0.3, -0.25) is 0 Å². The molecular weight excluding hydrogens is 296 g/mol. The van der Waals surface area contributed by atoms with Crippen molar-refractivity contribution in [2.45, 2.75) is 24.0 Å². The first-order chi connectivity index (χ1) is 11.1. The number of methoxy groups -OCH3 is 4. The van der Waals surface area contributed by atoms with Gasteiger partial charge in [0.15, 0.2) is 0 Å². The van der Waals surface area contributed by atoms with Gasteiger partial charge in [-0.25, -0.2) is 0 Å². The largest absolute Gasteiger partial charge is 0.497 e. The Kier molecular flexibility index (Phi) is 6.04. The first kappa shape index (κ1) is 17.8. The molecule has 0 saturated carbocycles. The summed E-state index contributed by atoms with van der Waals surface area (Å²) in [6, 6.07) is 0. The van der Waals surface area contributed by atoms with Crippen LogP contribution in [0.5, 0.6) is 0 Å². The van der Waals surface area contributed by atoms with Gasteiger partial charge in [0.05, 0.1) is 27.4 Å². The molecule has 0 aliphatic heterocycles. The van der Waals surface area contributed by atoms with Crippen molar-refractivity contribution >= 4 is 0 Å². The van der Waals surface area contributed by atoms with Gasteiger partial charge in [0.25, 0.3) is 0 Å². The summed E-state index contributed by atoms with van der Waals surface area (Å²) in [5.41, 5.74) is -0.911. The Morgan fingerprint density at radius 1 is 0.783 bits per heavy atom. The second-order valence-corrected chi connectivity index (χ2v) is 5.73. The van der Waals surface area contributed by atoms with Crippen LogP contribution in [0.1, 0.15) is 12.8 Å². The average Bonchev–Trinajstić information content (AvgIpc) is 2.63. The predicted octanol–water partition coefficient (Wildman–Crippen LogP) is 2.75. The number of allylic oxidation sites excluding steroid dienone is 2. The van der Waals surface area contributed by atoms with Gasteiger partial charge in [-0.15, -0.1) is 0 Å². The molecule has 0 aromatic heterocycles. The zero-order chi connectivity index (χ0) is 16.8. The Hall–Kier alpha value is -1.56. The highest BCUT2D eigenvalue weighted by Gasteiger charge is 2.33. The van der Waals surface area contributed by atoms with Crippen molar-refractivity contribution in [2.24, 2.45) is 0 Å². The van der Waals surface area contributed by atoms with Gasteiger partial charge < -0.3 is 23.7 Å². The van der Waals surface area contributed by atoms with E-state index in [0.717, 1.165) is 11.5 Å². The highest BCUT2D eigenvalue weighted by molar-refractivity contribution is 5.25. The lowest BCUT2D eigenvalue weighted by atomic mass is 9.94. The molecule has 2 aliphatic carbocycles. The first-order valence-electron chi connectivity index (χ1n) is 7.66. The van der Waals surface area contributed by atoms with E-state index in [2.05, 4.69) is 0 Å². The summed E-state index contributed by atoms with van der Waals surface area (Å²) in [6.07, 6.45) is 13.3. The third-order valence-electron chi connectivity index (χ3n) is 4.38. The predicted molar refractivity (Wildman–Crippen MR) is 88.0 cm³/mol. The lowest BCUT2D eigenvalue weighted by Crippen LogP contribution is -2.41. The Labute approximate surface area is 138 Å². The molecule has 0 spiro atoms. The maximum Gasteiger partial charge on any atom is 0.114 e. The van der Waals surface area contributed by atoms with Crippen LogP contribution in [0.3, 0.4) is 0 Å². The Morgan fingerprint density at radius 3 is 1.48 bits per heavy atom. The van der Waals surface area contributed by atoms with Crippen molar-refractivity contribution in [1.82, 2.24) is 0 Å². The van der Waals surface area contributed by atoms with Crippen molar-refractivity contribution < 1.29 is 23.7 Å². The summed E-state index contributed by atoms with van der Waals surface area (Å²) >= 11 is 0. The molecule has 5 nitrogen and oxygen atoms in total. The van der Waals surface area contributed by atoms with Gasteiger partial charge in [0.1, 0.15) is 22.7 Å². The fourth-order valence-corrected chi connectivity index (χ4v) is 2.62. The maximum atomic E-state index is 5.95. The van der Waals surface area contributed by atoms with E-state index < -0.39 is 11.2 Å². The Morgan fingerprint density at radius 2 is 1.22 bits per heavy atom. The first-order valence-corrected chi connectivity index (χ1v) is 7.66. The molecule has 2 atom stereocenters. The van der Waals surface area contributed by atoms with Crippen LogP contribution >= 0.6 is 0 Å². The summed E-state index contributed by atoms with van der Waals surface area (Å²) in [6.45, 7) is 0.903. The van der Waals surface area contributed by atoms with Crippen LogP contribution in [-0.4, -0.2) is 52.9 Å². The quantitative estimate of drug-likeness (QED) is 0.687. The van der Waals surface area contributed by atoms with Crippen LogP contribution in [0.4, 0.5) is 0 Å². The molecule has 0 amide bonds. The van der Waals surface area contributed by atoms with E-state index in [0.29, 0.717) is 26.1 Å². The monoisotopic (exact) mass is 322 g/mol. The van der Waals surface area contributed by atoms with Crippen molar-refractivity contribution in [3.05, 3.63) is 48.0 Å². The fourth-order valence-electron chi connectivity index (χ4n) is 2.62. The summed E-state index contributed by atoms with van der Waals surface area (Å²) in [5.74, 6) is 1.69. The minimum atomic E-state index is -0.455. The SMILES string of the molecule is COC1=CCC(COCC2(OC)C=CC(OC)=CC2)(OC)C=C1. The molecular formula is C18H26O5. The maximum absolute atomic E-state index is 5.95. The van der Waals surface area contributed by atoms with E-state index in [9.17, 15) is 0 Å². The van der Waals surface area contributed by atoms with E-state index in [1.807, 2.05) is 36.5 Å². The molecule has 23 heavy (non-hydrogen) atoms. The molecule has 0 aromatic carbocycles. The number of hydrogen-bond acceptors (Lipinski definition) is 5. The average molecular weight is 322 g/mol. The van der Waals surface area contributed by atoms with Gasteiger partial charge in [0.2, 0.25) is 0 Å². The summed E-state index contributed by atoms with van der Waals surface area (Å²) in [7, 11) is 6.71. The molecule has 5 heteroatoms. The molecule has 0 bridgehead atoms. The third-order valence-corrected chi connectivity index (χ3v) is 4.38. The number of hydrogen-bond donors (Lipinski definition) is 0. The lowest BCUT2D eigenvalue weighted by molar-refractivity contribution is -0.0892. The van der Waals surface area contributed by atoms with Crippen LogP contribution < -0.4 is 0 Å². The van der Waals surface area contributed by atoms with Gasteiger partial charge in [-0.2, -0.15) is 0 Å². The summed E-state index contributed by atoms with van der Waals surface area (Å²) in [5, 5.41) is 0. The molecule has 0 saturated heterocycles. The lowest BCUT2D eigenvalue weighted by Gasteiger charge is -2.34. The number of ether oxygens (including phenoxy) is 5. The van der Waals surface area contributed by atoms with E-state index in [1.54, 1.807) is 28.4 Å². The molecule has 0 heterocycles. The second-order valence-electron chi connectivity index (χ2n) is 5.73. The summed E-state index contributed by atoms with van der Waals surface area (Å²) < 4.78 is 27.7. The topological polar surface area (TPSA) is 46.2 Å². The highest BCUT2D eigenvalue weighted by atomic mass is 16.6. The van der Waals surface area contributed by atoms with Crippen LogP contribution in [-0.2, 0) is 23.7 Å². The minimum Gasteiger partial charge on any atom is -0.497 e. The standard InChI is InChI=1S/C18H26O5/c1-19-15-5-9-17(21-3,10-6-15)13-23-14-18(22-4)11-7-16(20-2)8-12-18/h5-9,11H,10,12-14H2,1-4H3. The molecule has 0 N–H and O–H groups in total. The third kappa shape index (κ3) is 4.25. The van der Waals surface area contributed by atoms with Crippen molar-refractivity contribution in [3.63, 3.8) is 0 Å². The number of rotatable bonds is 8. The minimum absolute atomic E-state index is 0.452. The summed E-state index contributed by atoms with van der Waals surface area (Å²) in [4.78, 5) is 0. The van der Waals surface area contributed by atoms with Gasteiger partial charge in [0, 0.05) is 27.1 Å². The smallest absolute Gasteiger partial charge is 0.114 e. The van der Waals surface area contributed by atoms with Crippen LogP contribution in [0.2, 0.25) is 0 Å². The zero-order valence-electron chi connectivity index (χ0n) is 14.3. The van der Waals surface area contributed by atoms with Crippen LogP contribution in [0.25, 0.3) is 0 Å². The van der Waals surface area contributed by atoms with Gasteiger partial charge in [-0.05, 0) is 36.5 Å². The van der Waals surface area contributed by atoms with Crippen LogP contribution in [0, 0.1) is 0 Å². The normalized spacial score (nSPS) is 29.9. The molecule has 2 aliphatic rings. The van der Waals surface area contributed by atoms with Crippen LogP contribution in [0.15, 0.2) is 48.0 Å².